The Morgan fingerprint density at radius 2 is 2.20 bits per heavy atom. The topological polar surface area (TPSA) is 16.4 Å². The van der Waals surface area contributed by atoms with E-state index in [0.29, 0.717) is 6.73 Å². The third-order valence-electron chi connectivity index (χ3n) is 2.24. The molecule has 0 aromatic carbocycles. The van der Waals surface area contributed by atoms with Gasteiger partial charge in [0, 0.05) is 20.2 Å². The first-order chi connectivity index (χ1) is 7.24. The molecule has 0 bridgehead atoms. The molecule has 1 heterocycles. The highest BCUT2D eigenvalue weighted by Crippen LogP contribution is 2.05. The van der Waals surface area contributed by atoms with Crippen LogP contribution in [0.5, 0.6) is 0 Å². The minimum absolute atomic E-state index is 0.641. The van der Waals surface area contributed by atoms with Crippen LogP contribution in [0.25, 0.3) is 0 Å². The van der Waals surface area contributed by atoms with Gasteiger partial charge < -0.3 is 9.64 Å². The fourth-order valence-corrected chi connectivity index (χ4v) is 1.27. The summed E-state index contributed by atoms with van der Waals surface area (Å²) in [5, 5.41) is 0. The number of anilines is 1. The Balaban J connectivity index is 2.43. The second-order valence-corrected chi connectivity index (χ2v) is 3.86. The number of hydrogen-bond donors (Lipinski definition) is 0. The molecular formula is C12H21N2O+. The highest BCUT2D eigenvalue weighted by Gasteiger charge is 2.03. The van der Waals surface area contributed by atoms with E-state index in [1.165, 1.54) is 12.1 Å². The number of rotatable bonds is 6. The van der Waals surface area contributed by atoms with Gasteiger partial charge in [0.25, 0.3) is 6.73 Å². The Morgan fingerprint density at radius 3 is 2.87 bits per heavy atom. The number of pyridine rings is 1. The third-order valence-corrected chi connectivity index (χ3v) is 2.24. The maximum absolute atomic E-state index is 5.54. The van der Waals surface area contributed by atoms with Crippen LogP contribution in [0.4, 0.5) is 5.69 Å². The Kier molecular flexibility index (Phi) is 5.12. The van der Waals surface area contributed by atoms with Gasteiger partial charge in [-0.1, -0.05) is 13.3 Å². The van der Waals surface area contributed by atoms with Crippen LogP contribution in [-0.2, 0) is 11.5 Å². The highest BCUT2D eigenvalue weighted by atomic mass is 16.5. The van der Waals surface area contributed by atoms with Crippen LogP contribution < -0.4 is 9.47 Å². The van der Waals surface area contributed by atoms with E-state index >= 15 is 0 Å². The number of unbranched alkanes of at least 4 members (excludes halogenated alkanes) is 1. The second kappa shape index (κ2) is 6.40. The zero-order valence-corrected chi connectivity index (χ0v) is 9.94. The molecule has 0 unspecified atom stereocenters. The predicted molar refractivity (Wildman–Crippen MR) is 61.8 cm³/mol. The summed E-state index contributed by atoms with van der Waals surface area (Å²) in [7, 11) is 4.08. The van der Waals surface area contributed by atoms with Gasteiger partial charge in [-0.3, -0.25) is 0 Å². The van der Waals surface area contributed by atoms with E-state index in [9.17, 15) is 0 Å². The smallest absolute Gasteiger partial charge is 0.252 e. The molecule has 1 rings (SSSR count). The molecule has 0 aliphatic carbocycles. The molecule has 3 heteroatoms. The number of ether oxygens (including phenoxy) is 1. The van der Waals surface area contributed by atoms with Crippen molar-refractivity contribution in [2.24, 2.45) is 0 Å². The lowest BCUT2D eigenvalue weighted by Gasteiger charge is -2.10. The van der Waals surface area contributed by atoms with Crippen LogP contribution in [0.3, 0.4) is 0 Å². The standard InChI is InChI=1S/C12H21N2O/c1-4-5-9-15-11-14-8-6-7-12(10-14)13(2)3/h6-8,10H,4-5,9,11H2,1-3H3/q+1. The summed E-state index contributed by atoms with van der Waals surface area (Å²) in [6, 6.07) is 4.13. The molecule has 84 valence electrons. The molecule has 0 aliphatic rings. The van der Waals surface area contributed by atoms with Crippen molar-refractivity contribution in [2.75, 3.05) is 25.6 Å². The Hall–Kier alpha value is -1.09. The summed E-state index contributed by atoms with van der Waals surface area (Å²) in [6.07, 6.45) is 6.43. The molecular weight excluding hydrogens is 188 g/mol. The molecule has 0 spiro atoms. The fraction of sp³-hybridized carbons (Fsp3) is 0.583. The summed E-state index contributed by atoms with van der Waals surface area (Å²) in [6.45, 7) is 3.65. The molecule has 0 amide bonds. The highest BCUT2D eigenvalue weighted by molar-refractivity contribution is 5.39. The van der Waals surface area contributed by atoms with Gasteiger partial charge in [0.15, 0.2) is 12.4 Å². The average Bonchev–Trinajstić information content (AvgIpc) is 2.25. The van der Waals surface area contributed by atoms with Crippen molar-refractivity contribution in [3.63, 3.8) is 0 Å². The van der Waals surface area contributed by atoms with E-state index in [2.05, 4.69) is 28.7 Å². The molecule has 15 heavy (non-hydrogen) atoms. The van der Waals surface area contributed by atoms with Crippen LogP contribution in [-0.4, -0.2) is 20.7 Å². The quantitative estimate of drug-likeness (QED) is 0.525. The van der Waals surface area contributed by atoms with Gasteiger partial charge in [-0.2, -0.15) is 4.57 Å². The Morgan fingerprint density at radius 1 is 1.40 bits per heavy atom. The second-order valence-electron chi connectivity index (χ2n) is 3.86. The van der Waals surface area contributed by atoms with E-state index < -0.39 is 0 Å². The zero-order chi connectivity index (χ0) is 11.1. The fourth-order valence-electron chi connectivity index (χ4n) is 1.27. The molecule has 0 N–H and O–H groups in total. The van der Waals surface area contributed by atoms with Gasteiger partial charge in [0.1, 0.15) is 5.69 Å². The van der Waals surface area contributed by atoms with Crippen LogP contribution in [0.2, 0.25) is 0 Å². The zero-order valence-electron chi connectivity index (χ0n) is 9.94. The lowest BCUT2D eigenvalue weighted by Crippen LogP contribution is -2.35. The normalized spacial score (nSPS) is 10.3. The van der Waals surface area contributed by atoms with Gasteiger partial charge in [0.05, 0.1) is 6.61 Å². The lowest BCUT2D eigenvalue weighted by atomic mass is 10.4. The van der Waals surface area contributed by atoms with Gasteiger partial charge in [0.2, 0.25) is 0 Å². The average molecular weight is 209 g/mol. The van der Waals surface area contributed by atoms with E-state index in [-0.39, 0.29) is 0 Å². The van der Waals surface area contributed by atoms with Crippen molar-refractivity contribution < 1.29 is 9.30 Å². The summed E-state index contributed by atoms with van der Waals surface area (Å²) in [5.41, 5.74) is 1.19. The van der Waals surface area contributed by atoms with Crippen molar-refractivity contribution >= 4 is 5.69 Å². The van der Waals surface area contributed by atoms with E-state index in [4.69, 9.17) is 4.74 Å². The first-order valence-electron chi connectivity index (χ1n) is 5.48. The largest absolute Gasteiger partial charge is 0.373 e. The monoisotopic (exact) mass is 209 g/mol. The van der Waals surface area contributed by atoms with Crippen molar-refractivity contribution in [1.82, 2.24) is 0 Å². The van der Waals surface area contributed by atoms with Crippen LogP contribution in [0, 0.1) is 0 Å². The molecule has 3 nitrogen and oxygen atoms in total. The van der Waals surface area contributed by atoms with Gasteiger partial charge in [-0.15, -0.1) is 0 Å². The Labute approximate surface area is 92.3 Å². The summed E-state index contributed by atoms with van der Waals surface area (Å²) < 4.78 is 7.60. The maximum atomic E-state index is 5.54. The molecule has 0 radical (unpaired) electrons. The number of aromatic nitrogens is 1. The van der Waals surface area contributed by atoms with Crippen LogP contribution in [0.15, 0.2) is 24.5 Å². The third kappa shape index (κ3) is 4.30. The summed E-state index contributed by atoms with van der Waals surface area (Å²) in [5.74, 6) is 0. The van der Waals surface area contributed by atoms with Crippen LogP contribution in [0.1, 0.15) is 19.8 Å². The lowest BCUT2D eigenvalue weighted by molar-refractivity contribution is -0.732. The molecule has 0 saturated heterocycles. The molecule has 0 fully saturated rings. The molecule has 0 atom stereocenters. The van der Waals surface area contributed by atoms with Crippen molar-refractivity contribution in [1.29, 1.82) is 0 Å². The number of nitrogens with zero attached hydrogens (tertiary/aromatic N) is 2. The minimum Gasteiger partial charge on any atom is -0.373 e. The van der Waals surface area contributed by atoms with Crippen molar-refractivity contribution in [2.45, 2.75) is 26.5 Å². The van der Waals surface area contributed by atoms with E-state index in [1.807, 2.05) is 26.4 Å². The first-order valence-corrected chi connectivity index (χ1v) is 5.48. The molecule has 0 aliphatic heterocycles. The van der Waals surface area contributed by atoms with Gasteiger partial charge in [-0.05, 0) is 12.5 Å². The van der Waals surface area contributed by atoms with Crippen LogP contribution >= 0.6 is 0 Å². The number of hydrogen-bond acceptors (Lipinski definition) is 2. The Bertz CT molecular complexity index is 287. The predicted octanol–water partition coefficient (Wildman–Crippen LogP) is 1.81. The van der Waals surface area contributed by atoms with Crippen molar-refractivity contribution in [3.05, 3.63) is 24.5 Å². The SMILES string of the molecule is CCCCOC[n+]1cccc(N(C)C)c1. The summed E-state index contributed by atoms with van der Waals surface area (Å²) in [4.78, 5) is 2.09. The van der Waals surface area contributed by atoms with Gasteiger partial charge >= 0.3 is 0 Å². The molecule has 1 aromatic heterocycles. The maximum Gasteiger partial charge on any atom is 0.252 e. The summed E-state index contributed by atoms with van der Waals surface area (Å²) >= 11 is 0. The van der Waals surface area contributed by atoms with E-state index in [0.717, 1.165) is 13.0 Å². The minimum atomic E-state index is 0.641. The molecule has 1 aromatic rings. The van der Waals surface area contributed by atoms with Crippen molar-refractivity contribution in [3.8, 4) is 0 Å². The molecule has 0 saturated carbocycles. The first kappa shape index (κ1) is 12.0. The van der Waals surface area contributed by atoms with Gasteiger partial charge in [-0.25, -0.2) is 0 Å². The van der Waals surface area contributed by atoms with E-state index in [1.54, 1.807) is 0 Å².